The lowest BCUT2D eigenvalue weighted by Crippen LogP contribution is -2.24. The number of carbonyl (C=O) groups excluding carboxylic acids is 2. The van der Waals surface area contributed by atoms with Crippen molar-refractivity contribution < 1.29 is 9.59 Å². The number of amides is 2. The molecule has 8 nitrogen and oxygen atoms in total. The van der Waals surface area contributed by atoms with Crippen molar-refractivity contribution in [3.05, 3.63) is 65.2 Å². The Labute approximate surface area is 210 Å². The predicted octanol–water partition coefficient (Wildman–Crippen LogP) is 3.95. The first kappa shape index (κ1) is 31.5. The summed E-state index contributed by atoms with van der Waals surface area (Å²) in [4.78, 5) is 30.2. The summed E-state index contributed by atoms with van der Waals surface area (Å²) >= 11 is 0. The van der Waals surface area contributed by atoms with Crippen molar-refractivity contribution >= 4 is 30.6 Å². The average molecular weight is 483 g/mol. The molecule has 0 atom stereocenters. The molecule has 0 heterocycles. The summed E-state index contributed by atoms with van der Waals surface area (Å²) < 4.78 is 0. The van der Waals surface area contributed by atoms with Crippen LogP contribution in [-0.2, 0) is 11.3 Å². The SMILES string of the molecule is C=NC.CC(=NCc1ccc(C)cc1)Nc1ccc(C(=O)NCCCCCCNC=O)cc1.CN. The Morgan fingerprint density at radius 1 is 0.971 bits per heavy atom. The summed E-state index contributed by atoms with van der Waals surface area (Å²) in [5.41, 5.74) is 8.46. The maximum Gasteiger partial charge on any atom is 0.251 e. The van der Waals surface area contributed by atoms with E-state index in [2.05, 4.69) is 69.6 Å². The quantitative estimate of drug-likeness (QED) is 0.158. The van der Waals surface area contributed by atoms with Crippen LogP contribution in [0.15, 0.2) is 58.5 Å². The molecule has 0 aliphatic carbocycles. The minimum absolute atomic E-state index is 0.0612. The van der Waals surface area contributed by atoms with E-state index in [0.29, 0.717) is 25.2 Å². The van der Waals surface area contributed by atoms with Gasteiger partial charge < -0.3 is 26.7 Å². The molecule has 0 saturated carbocycles. The fourth-order valence-electron chi connectivity index (χ4n) is 2.93. The number of nitrogens with zero attached hydrogens (tertiary/aromatic N) is 2. The van der Waals surface area contributed by atoms with Crippen molar-refractivity contribution in [2.24, 2.45) is 15.7 Å². The van der Waals surface area contributed by atoms with Crippen LogP contribution in [0.2, 0.25) is 0 Å². The second kappa shape index (κ2) is 21.0. The number of hydrogen-bond donors (Lipinski definition) is 4. The van der Waals surface area contributed by atoms with E-state index in [1.165, 1.54) is 18.2 Å². The summed E-state index contributed by atoms with van der Waals surface area (Å²) in [6.07, 6.45) is 4.70. The van der Waals surface area contributed by atoms with Crippen LogP contribution in [0.3, 0.4) is 0 Å². The number of carbonyl (C=O) groups is 2. The minimum atomic E-state index is -0.0612. The maximum absolute atomic E-state index is 12.2. The van der Waals surface area contributed by atoms with Crippen molar-refractivity contribution in [2.45, 2.75) is 46.1 Å². The van der Waals surface area contributed by atoms with Crippen LogP contribution in [-0.4, -0.2) is 52.1 Å². The largest absolute Gasteiger partial charge is 0.359 e. The van der Waals surface area contributed by atoms with Gasteiger partial charge in [0.05, 0.1) is 12.4 Å². The molecule has 35 heavy (non-hydrogen) atoms. The average Bonchev–Trinajstić information content (AvgIpc) is 2.87. The zero-order valence-electron chi connectivity index (χ0n) is 21.6. The van der Waals surface area contributed by atoms with Crippen LogP contribution in [0.5, 0.6) is 0 Å². The van der Waals surface area contributed by atoms with Gasteiger partial charge in [0.2, 0.25) is 6.41 Å². The minimum Gasteiger partial charge on any atom is -0.359 e. The molecule has 8 heteroatoms. The van der Waals surface area contributed by atoms with Crippen LogP contribution in [0, 0.1) is 6.92 Å². The Morgan fingerprint density at radius 2 is 1.54 bits per heavy atom. The zero-order chi connectivity index (χ0) is 26.3. The summed E-state index contributed by atoms with van der Waals surface area (Å²) in [5, 5.41) is 8.86. The normalized spacial score (nSPS) is 10.0. The number of benzene rings is 2. The number of anilines is 1. The first-order chi connectivity index (χ1) is 17.0. The van der Waals surface area contributed by atoms with E-state index in [0.717, 1.165) is 43.6 Å². The molecule has 0 bridgehead atoms. The molecule has 0 fully saturated rings. The van der Waals surface area contributed by atoms with E-state index in [1.54, 1.807) is 7.05 Å². The van der Waals surface area contributed by atoms with Gasteiger partial charge in [-0.05, 0) is 70.3 Å². The second-order valence-electron chi connectivity index (χ2n) is 7.65. The number of aryl methyl sites for hydroxylation is 1. The Kier molecular flexibility index (Phi) is 18.9. The number of aliphatic imine (C=N–C) groups is 2. The van der Waals surface area contributed by atoms with Crippen molar-refractivity contribution in [3.63, 3.8) is 0 Å². The molecular formula is C27H42N6O2. The number of unbranched alkanes of at least 4 members (excludes halogenated alkanes) is 3. The molecule has 0 saturated heterocycles. The maximum atomic E-state index is 12.2. The highest BCUT2D eigenvalue weighted by atomic mass is 16.1. The third-order valence-electron chi connectivity index (χ3n) is 4.71. The van der Waals surface area contributed by atoms with Gasteiger partial charge in [-0.3, -0.25) is 14.6 Å². The molecule has 2 amide bonds. The standard InChI is InChI=1S/C24H32N4O2.C2H5N.CH5N/c1-19-7-9-21(10-8-19)17-27-20(2)28-23-13-11-22(12-14-23)24(30)26-16-6-4-3-5-15-25-18-29;1-3-2;1-2/h7-14,18H,3-6,15-17H2,1-2H3,(H,25,29)(H,26,30)(H,27,28);1H2,2H3;2H2,1H3. The Hall–Kier alpha value is -3.52. The van der Waals surface area contributed by atoms with Crippen molar-refractivity contribution in [1.82, 2.24) is 10.6 Å². The van der Waals surface area contributed by atoms with Gasteiger partial charge >= 0.3 is 0 Å². The highest BCUT2D eigenvalue weighted by Crippen LogP contribution is 2.11. The molecule has 2 aromatic carbocycles. The topological polar surface area (TPSA) is 121 Å². The molecule has 2 rings (SSSR count). The summed E-state index contributed by atoms with van der Waals surface area (Å²) in [6, 6.07) is 15.8. The molecular weight excluding hydrogens is 440 g/mol. The van der Waals surface area contributed by atoms with Crippen LogP contribution >= 0.6 is 0 Å². The highest BCUT2D eigenvalue weighted by molar-refractivity contribution is 5.96. The fourth-order valence-corrected chi connectivity index (χ4v) is 2.93. The van der Waals surface area contributed by atoms with Gasteiger partial charge in [0, 0.05) is 31.4 Å². The van der Waals surface area contributed by atoms with Crippen molar-refractivity contribution in [3.8, 4) is 0 Å². The Morgan fingerprint density at radius 3 is 2.11 bits per heavy atom. The molecule has 0 aliphatic rings. The number of amidine groups is 1. The highest BCUT2D eigenvalue weighted by Gasteiger charge is 2.05. The van der Waals surface area contributed by atoms with Crippen LogP contribution in [0.25, 0.3) is 0 Å². The molecule has 0 aromatic heterocycles. The molecule has 0 unspecified atom stereocenters. The number of rotatable bonds is 12. The van der Waals surface area contributed by atoms with E-state index in [9.17, 15) is 9.59 Å². The number of hydrogen-bond acceptors (Lipinski definition) is 5. The van der Waals surface area contributed by atoms with Gasteiger partial charge in [0.25, 0.3) is 5.91 Å². The van der Waals surface area contributed by atoms with Crippen molar-refractivity contribution in [1.29, 1.82) is 0 Å². The molecule has 192 valence electrons. The fraction of sp³-hybridized carbons (Fsp3) is 0.407. The molecule has 5 N–H and O–H groups in total. The molecule has 0 spiro atoms. The van der Waals surface area contributed by atoms with Gasteiger partial charge in [-0.2, -0.15) is 0 Å². The van der Waals surface area contributed by atoms with E-state index < -0.39 is 0 Å². The van der Waals surface area contributed by atoms with Crippen molar-refractivity contribution in [2.75, 3.05) is 32.5 Å². The van der Waals surface area contributed by atoms with Crippen LogP contribution in [0.1, 0.15) is 54.1 Å². The smallest absolute Gasteiger partial charge is 0.251 e. The zero-order valence-corrected chi connectivity index (χ0v) is 21.6. The first-order valence-corrected chi connectivity index (χ1v) is 11.8. The molecule has 0 aliphatic heterocycles. The first-order valence-electron chi connectivity index (χ1n) is 11.8. The summed E-state index contributed by atoms with van der Waals surface area (Å²) in [5.74, 6) is 0.769. The van der Waals surface area contributed by atoms with E-state index in [-0.39, 0.29) is 5.91 Å². The van der Waals surface area contributed by atoms with Gasteiger partial charge in [0.15, 0.2) is 0 Å². The second-order valence-corrected chi connectivity index (χ2v) is 7.65. The van der Waals surface area contributed by atoms with E-state index in [4.69, 9.17) is 0 Å². The predicted molar refractivity (Wildman–Crippen MR) is 149 cm³/mol. The lowest BCUT2D eigenvalue weighted by atomic mass is 10.1. The Bertz CT molecular complexity index is 864. The summed E-state index contributed by atoms with van der Waals surface area (Å²) in [7, 11) is 3.14. The van der Waals surface area contributed by atoms with Crippen LogP contribution in [0.4, 0.5) is 5.69 Å². The third kappa shape index (κ3) is 15.9. The monoisotopic (exact) mass is 482 g/mol. The van der Waals surface area contributed by atoms with E-state index >= 15 is 0 Å². The van der Waals surface area contributed by atoms with Gasteiger partial charge in [0.1, 0.15) is 0 Å². The lowest BCUT2D eigenvalue weighted by molar-refractivity contribution is -0.109. The van der Waals surface area contributed by atoms with Crippen LogP contribution < -0.4 is 21.7 Å². The van der Waals surface area contributed by atoms with Gasteiger partial charge in [-0.25, -0.2) is 0 Å². The van der Waals surface area contributed by atoms with Gasteiger partial charge in [-0.15, -0.1) is 0 Å². The molecule has 0 radical (unpaired) electrons. The lowest BCUT2D eigenvalue weighted by Gasteiger charge is -2.08. The van der Waals surface area contributed by atoms with Gasteiger partial charge in [-0.1, -0.05) is 42.7 Å². The van der Waals surface area contributed by atoms with E-state index in [1.807, 2.05) is 31.2 Å². The third-order valence-corrected chi connectivity index (χ3v) is 4.71. The number of nitrogens with one attached hydrogen (secondary N) is 3. The summed E-state index contributed by atoms with van der Waals surface area (Å²) in [6.45, 7) is 9.12. The Balaban J connectivity index is 0.00000214. The molecule has 2 aromatic rings. The number of nitrogens with two attached hydrogens (primary N) is 1.